The van der Waals surface area contributed by atoms with Gasteiger partial charge in [-0.3, -0.25) is 0 Å². The third-order valence-corrected chi connectivity index (χ3v) is 2.95. The number of rotatable bonds is 5. The first-order valence-electron chi connectivity index (χ1n) is 6.24. The zero-order chi connectivity index (χ0) is 13.8. The molecule has 0 amide bonds. The van der Waals surface area contributed by atoms with Gasteiger partial charge in [0.2, 0.25) is 0 Å². The van der Waals surface area contributed by atoms with E-state index in [2.05, 4.69) is 0 Å². The lowest BCUT2D eigenvalue weighted by atomic mass is 9.96. The zero-order valence-electron chi connectivity index (χ0n) is 11.0. The van der Waals surface area contributed by atoms with E-state index in [9.17, 15) is 13.2 Å². The molecule has 0 spiro atoms. The van der Waals surface area contributed by atoms with Gasteiger partial charge < -0.3 is 4.74 Å². The minimum Gasteiger partial charge on any atom is -0.493 e. The first-order chi connectivity index (χ1) is 8.40. The molecule has 0 aliphatic carbocycles. The molecule has 0 aliphatic heterocycles. The van der Waals surface area contributed by atoms with Crippen molar-refractivity contribution in [3.63, 3.8) is 0 Å². The Bertz CT molecular complexity index is 385. The molecule has 0 heterocycles. The van der Waals surface area contributed by atoms with E-state index >= 15 is 0 Å². The first kappa shape index (κ1) is 14.9. The highest BCUT2D eigenvalue weighted by molar-refractivity contribution is 5.40. The first-order valence-corrected chi connectivity index (χ1v) is 6.24. The summed E-state index contributed by atoms with van der Waals surface area (Å²) in [5, 5.41) is 0. The maximum absolute atomic E-state index is 12.9. The normalized spacial score (nSPS) is 13.4. The average molecular weight is 260 g/mol. The molecule has 1 aromatic rings. The Labute approximate surface area is 106 Å². The highest BCUT2D eigenvalue weighted by Crippen LogP contribution is 2.38. The summed E-state index contributed by atoms with van der Waals surface area (Å²) in [4.78, 5) is 0. The molecule has 4 heteroatoms. The van der Waals surface area contributed by atoms with Crippen molar-refractivity contribution in [2.24, 2.45) is 0 Å². The predicted octanol–water partition coefficient (Wildman–Crippen LogP) is 5.01. The second-order valence-corrected chi connectivity index (χ2v) is 4.41. The number of ether oxygens (including phenoxy) is 1. The van der Waals surface area contributed by atoms with Crippen LogP contribution in [0.5, 0.6) is 5.75 Å². The minimum absolute atomic E-state index is 0.0728. The van der Waals surface area contributed by atoms with Crippen molar-refractivity contribution >= 4 is 0 Å². The maximum Gasteiger partial charge on any atom is 0.419 e. The molecule has 102 valence electrons. The Balaban J connectivity index is 3.12. The molecule has 0 N–H and O–H groups in total. The molecule has 0 bridgehead atoms. The van der Waals surface area contributed by atoms with Crippen LogP contribution in [0.25, 0.3) is 0 Å². The average Bonchev–Trinajstić information content (AvgIpc) is 2.34. The Morgan fingerprint density at radius 3 is 2.39 bits per heavy atom. The largest absolute Gasteiger partial charge is 0.493 e. The fourth-order valence-corrected chi connectivity index (χ4v) is 1.65. The van der Waals surface area contributed by atoms with Crippen LogP contribution in [0.3, 0.4) is 0 Å². The quantitative estimate of drug-likeness (QED) is 0.723. The highest BCUT2D eigenvalue weighted by atomic mass is 19.4. The number of hydrogen-bond donors (Lipinski definition) is 0. The van der Waals surface area contributed by atoms with Gasteiger partial charge in [0.05, 0.1) is 12.2 Å². The van der Waals surface area contributed by atoms with Crippen LogP contribution in [-0.2, 0) is 6.18 Å². The molecule has 1 nitrogen and oxygen atoms in total. The molecule has 18 heavy (non-hydrogen) atoms. The van der Waals surface area contributed by atoms with E-state index in [1.165, 1.54) is 12.1 Å². The van der Waals surface area contributed by atoms with E-state index in [1.54, 1.807) is 6.07 Å². The highest BCUT2D eigenvalue weighted by Gasteiger charge is 2.34. The molecule has 0 saturated carbocycles. The standard InChI is InChI=1S/C14H19F3O/c1-4-8-18-13-7-6-11(10(3)5-2)9-12(13)14(15,16)17/h6-7,9-10H,4-5,8H2,1-3H3. The van der Waals surface area contributed by atoms with Gasteiger partial charge in [-0.25, -0.2) is 0 Å². The van der Waals surface area contributed by atoms with Crippen molar-refractivity contribution in [2.45, 2.75) is 45.7 Å². The van der Waals surface area contributed by atoms with Gasteiger partial charge in [0.25, 0.3) is 0 Å². The zero-order valence-corrected chi connectivity index (χ0v) is 11.0. The minimum atomic E-state index is -4.37. The summed E-state index contributed by atoms with van der Waals surface area (Å²) in [6, 6.07) is 4.35. The van der Waals surface area contributed by atoms with Crippen LogP contribution >= 0.6 is 0 Å². The van der Waals surface area contributed by atoms with Crippen molar-refractivity contribution in [1.82, 2.24) is 0 Å². The number of benzene rings is 1. The molecule has 1 aromatic carbocycles. The van der Waals surface area contributed by atoms with Gasteiger partial charge in [-0.2, -0.15) is 13.2 Å². The molecule has 1 unspecified atom stereocenters. The molecule has 1 rings (SSSR count). The summed E-state index contributed by atoms with van der Waals surface area (Å²) in [7, 11) is 0. The second kappa shape index (κ2) is 6.12. The molecular formula is C14H19F3O. The van der Waals surface area contributed by atoms with E-state index in [0.717, 1.165) is 6.42 Å². The van der Waals surface area contributed by atoms with Crippen molar-refractivity contribution in [3.05, 3.63) is 29.3 Å². The van der Waals surface area contributed by atoms with Gasteiger partial charge >= 0.3 is 6.18 Å². The lowest BCUT2D eigenvalue weighted by Crippen LogP contribution is -2.10. The van der Waals surface area contributed by atoms with Crippen LogP contribution < -0.4 is 4.74 Å². The molecule has 0 aliphatic rings. The molecule has 0 aromatic heterocycles. The Morgan fingerprint density at radius 1 is 1.22 bits per heavy atom. The van der Waals surface area contributed by atoms with Gasteiger partial charge in [0.1, 0.15) is 5.75 Å². The lowest BCUT2D eigenvalue weighted by Gasteiger charge is -2.17. The van der Waals surface area contributed by atoms with Crippen molar-refractivity contribution in [1.29, 1.82) is 0 Å². The summed E-state index contributed by atoms with van der Waals surface area (Å²) in [5.41, 5.74) is 0.0300. The molecule has 1 atom stereocenters. The number of halogens is 3. The van der Waals surface area contributed by atoms with Gasteiger partial charge in [0, 0.05) is 0 Å². The Hall–Kier alpha value is -1.19. The van der Waals surface area contributed by atoms with Crippen molar-refractivity contribution < 1.29 is 17.9 Å². The predicted molar refractivity (Wildman–Crippen MR) is 65.9 cm³/mol. The van der Waals surface area contributed by atoms with E-state index in [1.807, 2.05) is 20.8 Å². The van der Waals surface area contributed by atoms with Crippen LogP contribution in [-0.4, -0.2) is 6.61 Å². The number of alkyl halides is 3. The number of hydrogen-bond acceptors (Lipinski definition) is 1. The van der Waals surface area contributed by atoms with Crippen molar-refractivity contribution in [2.75, 3.05) is 6.61 Å². The van der Waals surface area contributed by atoms with Crippen LogP contribution in [0.1, 0.15) is 50.7 Å². The third kappa shape index (κ3) is 3.65. The Kier molecular flexibility index (Phi) is 5.05. The second-order valence-electron chi connectivity index (χ2n) is 4.41. The van der Waals surface area contributed by atoms with E-state index in [0.29, 0.717) is 18.6 Å². The fourth-order valence-electron chi connectivity index (χ4n) is 1.65. The SMILES string of the molecule is CCCOc1ccc(C(C)CC)cc1C(F)(F)F. The summed E-state index contributed by atoms with van der Waals surface area (Å²) in [6.45, 7) is 6.04. The van der Waals surface area contributed by atoms with Crippen molar-refractivity contribution in [3.8, 4) is 5.75 Å². The summed E-state index contributed by atoms with van der Waals surface area (Å²) < 4.78 is 44.0. The molecule has 0 fully saturated rings. The van der Waals surface area contributed by atoms with E-state index in [4.69, 9.17) is 4.74 Å². The lowest BCUT2D eigenvalue weighted by molar-refractivity contribution is -0.139. The van der Waals surface area contributed by atoms with Gasteiger partial charge in [0.15, 0.2) is 0 Å². The fraction of sp³-hybridized carbons (Fsp3) is 0.571. The van der Waals surface area contributed by atoms with Crippen LogP contribution in [0.4, 0.5) is 13.2 Å². The summed E-state index contributed by atoms with van der Waals surface area (Å²) >= 11 is 0. The monoisotopic (exact) mass is 260 g/mol. The van der Waals surface area contributed by atoms with Gasteiger partial charge in [-0.1, -0.05) is 26.8 Å². The summed E-state index contributed by atoms with van der Waals surface area (Å²) in [5.74, 6) is 0.0442. The molecule has 0 saturated heterocycles. The maximum atomic E-state index is 12.9. The van der Waals surface area contributed by atoms with Crippen LogP contribution in [0.2, 0.25) is 0 Å². The topological polar surface area (TPSA) is 9.23 Å². The van der Waals surface area contributed by atoms with E-state index < -0.39 is 11.7 Å². The van der Waals surface area contributed by atoms with Crippen LogP contribution in [0, 0.1) is 0 Å². The Morgan fingerprint density at radius 2 is 1.89 bits per heavy atom. The molecule has 0 radical (unpaired) electrons. The molecular weight excluding hydrogens is 241 g/mol. The smallest absolute Gasteiger partial charge is 0.419 e. The van der Waals surface area contributed by atoms with Gasteiger partial charge in [-0.05, 0) is 36.5 Å². The summed E-state index contributed by atoms with van der Waals surface area (Å²) in [6.07, 6.45) is -2.87. The van der Waals surface area contributed by atoms with E-state index in [-0.39, 0.29) is 11.7 Å². The van der Waals surface area contributed by atoms with Gasteiger partial charge in [-0.15, -0.1) is 0 Å². The third-order valence-electron chi connectivity index (χ3n) is 2.95. The van der Waals surface area contributed by atoms with Crippen LogP contribution in [0.15, 0.2) is 18.2 Å².